The molecule has 0 radical (unpaired) electrons. The number of hydrogen-bond donors (Lipinski definition) is 2. The molecule has 2 aliphatic rings. The smallest absolute Gasteiger partial charge is 0.0971 e. The summed E-state index contributed by atoms with van der Waals surface area (Å²) < 4.78 is 0. The van der Waals surface area contributed by atoms with Crippen molar-refractivity contribution in [3.8, 4) is 22.5 Å². The molecule has 0 saturated carbocycles. The lowest BCUT2D eigenvalue weighted by atomic mass is 9.89. The fraction of sp³-hybridized carbons (Fsp3) is 0.0385. The Balaban J connectivity index is 0.863. The van der Waals surface area contributed by atoms with E-state index in [1.54, 1.807) is 0 Å². The van der Waals surface area contributed by atoms with Gasteiger partial charge in [-0.05, 0) is 94.1 Å². The Morgan fingerprint density at radius 2 is 1.34 bits per heavy atom. The maximum absolute atomic E-state index is 6.54. The molecule has 6 heteroatoms. The number of anilines is 1. The van der Waals surface area contributed by atoms with E-state index in [1.165, 1.54) is 22.1 Å². The Morgan fingerprint density at radius 1 is 0.603 bits per heavy atom. The SMILES string of the molecule is C/C=C\c1ccc2ccc(-c3ccc4cc(C5=CC6NC(c7ccc8ccc(-c9ccnc%10c9ccc9cccnc9%10)nc8c7)=CC=C6C=C5)ccc4c3)nc2c1N. The van der Waals surface area contributed by atoms with Crippen molar-refractivity contribution >= 4 is 77.4 Å². The number of allylic oxidation sites excluding steroid dienone is 5. The fourth-order valence-electron chi connectivity index (χ4n) is 8.38. The largest absolute Gasteiger partial charge is 0.396 e. The second kappa shape index (κ2) is 13.5. The van der Waals surface area contributed by atoms with Gasteiger partial charge in [-0.3, -0.25) is 9.97 Å². The van der Waals surface area contributed by atoms with Crippen LogP contribution in [0.3, 0.4) is 0 Å². The number of nitrogen functional groups attached to an aromatic ring is 1. The van der Waals surface area contributed by atoms with Crippen LogP contribution >= 0.6 is 0 Å². The summed E-state index contributed by atoms with van der Waals surface area (Å²) in [5, 5.41) is 10.4. The third-order valence-electron chi connectivity index (χ3n) is 11.4. The predicted molar refractivity (Wildman–Crippen MR) is 242 cm³/mol. The van der Waals surface area contributed by atoms with Crippen LogP contribution in [0.4, 0.5) is 5.69 Å². The number of rotatable bonds is 5. The van der Waals surface area contributed by atoms with Gasteiger partial charge in [0.1, 0.15) is 0 Å². The highest BCUT2D eigenvalue weighted by Crippen LogP contribution is 2.35. The van der Waals surface area contributed by atoms with Crippen LogP contribution in [0.15, 0.2) is 176 Å². The van der Waals surface area contributed by atoms with Gasteiger partial charge < -0.3 is 11.1 Å². The van der Waals surface area contributed by atoms with Gasteiger partial charge in [0.25, 0.3) is 0 Å². The van der Waals surface area contributed by atoms with Crippen LogP contribution in [0.2, 0.25) is 0 Å². The molecule has 0 fully saturated rings. The molecule has 0 saturated heterocycles. The zero-order valence-electron chi connectivity index (χ0n) is 31.7. The van der Waals surface area contributed by atoms with Crippen LogP contribution in [0, 0.1) is 0 Å². The second-order valence-electron chi connectivity index (χ2n) is 14.9. The first-order chi connectivity index (χ1) is 28.6. The molecule has 6 nitrogen and oxygen atoms in total. The van der Waals surface area contributed by atoms with E-state index in [9.17, 15) is 0 Å². The average molecular weight is 745 g/mol. The van der Waals surface area contributed by atoms with E-state index in [0.717, 1.165) is 88.3 Å². The van der Waals surface area contributed by atoms with Gasteiger partial charge in [0, 0.05) is 50.8 Å². The van der Waals surface area contributed by atoms with Crippen molar-refractivity contribution in [1.82, 2.24) is 25.3 Å². The average Bonchev–Trinajstić information content (AvgIpc) is 3.28. The summed E-state index contributed by atoms with van der Waals surface area (Å²) in [6.45, 7) is 2.00. The Hall–Kier alpha value is -7.70. The lowest BCUT2D eigenvalue weighted by molar-refractivity contribution is 0.815. The normalized spacial score (nSPS) is 15.2. The van der Waals surface area contributed by atoms with Gasteiger partial charge in [-0.2, -0.15) is 0 Å². The summed E-state index contributed by atoms with van der Waals surface area (Å²) in [5.74, 6) is 0. The molecule has 5 heterocycles. The molecule has 0 bridgehead atoms. The van der Waals surface area contributed by atoms with Crippen LogP contribution in [0.25, 0.3) is 94.2 Å². The standard InChI is InChI=1S/C52H36N6/c1-2-4-33-8-9-35-19-22-45(58-50(35)49(33)53)40-15-13-36-27-37(11-12-38(36)28-40)39-10-6-31-17-21-44(56-47(31)29-39)41-14-7-32-18-23-46(57-48(32)30-41)42-24-26-55-52-43(42)20-16-34-5-3-25-54-51(34)52/h2-30,47,56H,53H2,1H3/b4-2-. The third-order valence-corrected chi connectivity index (χ3v) is 11.4. The van der Waals surface area contributed by atoms with Crippen LogP contribution in [-0.4, -0.2) is 26.0 Å². The summed E-state index contributed by atoms with van der Waals surface area (Å²) in [6, 6.07) is 42.6. The maximum atomic E-state index is 6.54. The topological polar surface area (TPSA) is 89.6 Å². The van der Waals surface area contributed by atoms with Crippen molar-refractivity contribution in [2.75, 3.05) is 5.73 Å². The number of pyridine rings is 4. The van der Waals surface area contributed by atoms with Crippen molar-refractivity contribution in [3.63, 3.8) is 0 Å². The second-order valence-corrected chi connectivity index (χ2v) is 14.9. The van der Waals surface area contributed by atoms with Crippen molar-refractivity contribution in [1.29, 1.82) is 0 Å². The molecule has 1 aliphatic carbocycles. The van der Waals surface area contributed by atoms with E-state index in [0.29, 0.717) is 5.69 Å². The lowest BCUT2D eigenvalue weighted by Crippen LogP contribution is -2.30. The van der Waals surface area contributed by atoms with E-state index in [2.05, 4.69) is 144 Å². The molecule has 0 amide bonds. The number of benzene rings is 5. The molecule has 11 rings (SSSR count). The molecule has 1 unspecified atom stereocenters. The predicted octanol–water partition coefficient (Wildman–Crippen LogP) is 11.9. The van der Waals surface area contributed by atoms with E-state index >= 15 is 0 Å². The Morgan fingerprint density at radius 3 is 2.26 bits per heavy atom. The summed E-state index contributed by atoms with van der Waals surface area (Å²) in [7, 11) is 0. The Labute approximate surface area is 335 Å². The highest BCUT2D eigenvalue weighted by Gasteiger charge is 2.20. The van der Waals surface area contributed by atoms with Crippen LogP contribution < -0.4 is 11.1 Å². The minimum atomic E-state index is 0.0411. The van der Waals surface area contributed by atoms with Crippen LogP contribution in [0.1, 0.15) is 23.6 Å². The molecule has 9 aromatic rings. The van der Waals surface area contributed by atoms with Gasteiger partial charge in [0.15, 0.2) is 0 Å². The zero-order chi connectivity index (χ0) is 38.7. The summed E-state index contributed by atoms with van der Waals surface area (Å²) >= 11 is 0. The highest BCUT2D eigenvalue weighted by molar-refractivity contribution is 6.08. The van der Waals surface area contributed by atoms with Crippen LogP contribution in [0.5, 0.6) is 0 Å². The highest BCUT2D eigenvalue weighted by atomic mass is 14.9. The molecule has 58 heavy (non-hydrogen) atoms. The van der Waals surface area contributed by atoms with Crippen molar-refractivity contribution in [3.05, 3.63) is 192 Å². The van der Waals surface area contributed by atoms with Crippen molar-refractivity contribution < 1.29 is 0 Å². The Kier molecular flexibility index (Phi) is 7.83. The van der Waals surface area contributed by atoms with Gasteiger partial charge in [-0.1, -0.05) is 115 Å². The molecule has 4 aromatic heterocycles. The Bertz CT molecular complexity index is 3350. The molecular formula is C52H36N6. The van der Waals surface area contributed by atoms with E-state index in [4.69, 9.17) is 20.7 Å². The fourth-order valence-corrected chi connectivity index (χ4v) is 8.38. The number of nitrogens with two attached hydrogens (primary N) is 1. The van der Waals surface area contributed by atoms with Crippen molar-refractivity contribution in [2.45, 2.75) is 13.0 Å². The molecule has 3 N–H and O–H groups in total. The molecule has 1 aliphatic heterocycles. The van der Waals surface area contributed by atoms with E-state index in [-0.39, 0.29) is 6.04 Å². The molecule has 0 spiro atoms. The molecule has 274 valence electrons. The number of aromatic nitrogens is 4. The molecule has 1 atom stereocenters. The van der Waals surface area contributed by atoms with Gasteiger partial charge >= 0.3 is 0 Å². The number of nitrogens with zero attached hydrogens (tertiary/aromatic N) is 4. The maximum Gasteiger partial charge on any atom is 0.0971 e. The summed E-state index contributed by atoms with van der Waals surface area (Å²) in [4.78, 5) is 19.5. The van der Waals surface area contributed by atoms with Gasteiger partial charge in [0.2, 0.25) is 0 Å². The third kappa shape index (κ3) is 5.73. The number of nitrogens with one attached hydrogen (secondary N) is 1. The van der Waals surface area contributed by atoms with Gasteiger partial charge in [0.05, 0.1) is 45.2 Å². The lowest BCUT2D eigenvalue weighted by Gasteiger charge is -2.27. The zero-order valence-corrected chi connectivity index (χ0v) is 31.7. The first-order valence-electron chi connectivity index (χ1n) is 19.6. The van der Waals surface area contributed by atoms with Gasteiger partial charge in [-0.15, -0.1) is 0 Å². The summed E-state index contributed by atoms with van der Waals surface area (Å²) in [6.07, 6.45) is 18.8. The molecular weight excluding hydrogens is 709 g/mol. The minimum Gasteiger partial charge on any atom is -0.396 e. The molecule has 5 aromatic carbocycles. The number of dihydropyridines is 1. The van der Waals surface area contributed by atoms with E-state index in [1.807, 2.05) is 49.7 Å². The summed E-state index contributed by atoms with van der Waals surface area (Å²) in [5.41, 5.74) is 21.4. The van der Waals surface area contributed by atoms with Gasteiger partial charge in [-0.25, -0.2) is 9.97 Å². The quantitative estimate of drug-likeness (QED) is 0.135. The number of fused-ring (bicyclic) bond motifs is 7. The van der Waals surface area contributed by atoms with E-state index < -0.39 is 0 Å². The monoisotopic (exact) mass is 744 g/mol. The number of hydrogen-bond acceptors (Lipinski definition) is 6. The van der Waals surface area contributed by atoms with Crippen molar-refractivity contribution in [2.24, 2.45) is 0 Å². The van der Waals surface area contributed by atoms with Crippen LogP contribution in [-0.2, 0) is 0 Å². The minimum absolute atomic E-state index is 0.0411. The first-order valence-corrected chi connectivity index (χ1v) is 19.6. The first kappa shape index (κ1) is 33.6.